The zero-order chi connectivity index (χ0) is 8.97. The normalized spacial score (nSPS) is 9.33. The lowest BCUT2D eigenvalue weighted by molar-refractivity contribution is -0.117. The van der Waals surface area contributed by atoms with Gasteiger partial charge in [0.05, 0.1) is 6.42 Å². The minimum atomic E-state index is -0.701. The van der Waals surface area contributed by atoms with Crippen molar-refractivity contribution in [2.75, 3.05) is 5.73 Å². The number of nitrogens with zero attached hydrogens (tertiary/aromatic N) is 1. The van der Waals surface area contributed by atoms with Crippen LogP contribution >= 0.6 is 0 Å². The average molecular weight is 164 g/mol. The zero-order valence-corrected chi connectivity index (χ0v) is 6.36. The molecule has 0 radical (unpaired) electrons. The second-order valence-corrected chi connectivity index (χ2v) is 2.36. The monoisotopic (exact) mass is 164 g/mol. The van der Waals surface area contributed by atoms with Gasteiger partial charge in [-0.2, -0.15) is 0 Å². The van der Waals surface area contributed by atoms with Gasteiger partial charge in [0.2, 0.25) is 0 Å². The third-order valence-electron chi connectivity index (χ3n) is 1.50. The van der Waals surface area contributed by atoms with Gasteiger partial charge in [-0.1, -0.05) is 18.2 Å². The average Bonchev–Trinajstić information content (AvgIpc) is 2.09. The molecule has 2 N–H and O–H groups in total. The number of nitroso groups, excluding NO2 is 1. The molecule has 0 fully saturated rings. The van der Waals surface area contributed by atoms with E-state index < -0.39 is 5.91 Å². The lowest BCUT2D eigenvalue weighted by atomic mass is 10.1. The molecule has 0 aliphatic rings. The van der Waals surface area contributed by atoms with E-state index in [-0.39, 0.29) is 6.42 Å². The number of amides is 1. The second kappa shape index (κ2) is 3.61. The maximum atomic E-state index is 10.6. The molecule has 0 saturated carbocycles. The van der Waals surface area contributed by atoms with Gasteiger partial charge in [-0.3, -0.25) is 4.79 Å². The van der Waals surface area contributed by atoms with Gasteiger partial charge in [0.25, 0.3) is 5.91 Å². The molecule has 1 aromatic carbocycles. The number of carbonyl (C=O) groups is 1. The Morgan fingerprint density at radius 3 is 2.67 bits per heavy atom. The van der Waals surface area contributed by atoms with Crippen molar-refractivity contribution in [2.45, 2.75) is 6.42 Å². The fourth-order valence-corrected chi connectivity index (χ4v) is 0.890. The van der Waals surface area contributed by atoms with E-state index in [1.807, 2.05) is 0 Å². The van der Waals surface area contributed by atoms with Crippen molar-refractivity contribution in [3.05, 3.63) is 34.7 Å². The summed E-state index contributed by atoms with van der Waals surface area (Å²) < 4.78 is 0. The van der Waals surface area contributed by atoms with Gasteiger partial charge in [-0.25, -0.2) is 0 Å². The van der Waals surface area contributed by atoms with E-state index in [4.69, 9.17) is 5.73 Å². The Morgan fingerprint density at radius 1 is 1.42 bits per heavy atom. The topological polar surface area (TPSA) is 72.5 Å². The lowest BCUT2D eigenvalue weighted by Gasteiger charge is -1.99. The van der Waals surface area contributed by atoms with E-state index in [1.54, 1.807) is 24.3 Å². The Morgan fingerprint density at radius 2 is 2.08 bits per heavy atom. The molecule has 0 aromatic heterocycles. The number of hydrogen-bond donors (Lipinski definition) is 1. The number of hydrogen-bond acceptors (Lipinski definition) is 3. The summed E-state index contributed by atoms with van der Waals surface area (Å²) in [4.78, 5) is 20.4. The molecule has 1 aromatic rings. The SMILES string of the molecule is Nc1ccccc1CC(=O)N=O. The second-order valence-electron chi connectivity index (χ2n) is 2.36. The molecule has 4 heteroatoms. The molecule has 12 heavy (non-hydrogen) atoms. The predicted octanol–water partition coefficient (Wildman–Crippen LogP) is 1.10. The summed E-state index contributed by atoms with van der Waals surface area (Å²) in [5, 5.41) is 2.28. The first-order chi connectivity index (χ1) is 5.74. The Labute approximate surface area is 69.4 Å². The van der Waals surface area contributed by atoms with Crippen LogP contribution in [0.1, 0.15) is 5.56 Å². The van der Waals surface area contributed by atoms with Crippen molar-refractivity contribution in [1.29, 1.82) is 0 Å². The molecular formula is C8H8N2O2. The highest BCUT2D eigenvalue weighted by molar-refractivity contribution is 5.80. The van der Waals surface area contributed by atoms with Crippen molar-refractivity contribution in [2.24, 2.45) is 5.18 Å². The molecule has 0 saturated heterocycles. The summed E-state index contributed by atoms with van der Waals surface area (Å²) in [6.07, 6.45) is -0.0177. The van der Waals surface area contributed by atoms with Crippen LogP contribution in [-0.2, 0) is 11.2 Å². The summed E-state index contributed by atoms with van der Waals surface area (Å²) in [7, 11) is 0. The molecule has 0 unspecified atom stereocenters. The molecular weight excluding hydrogens is 156 g/mol. The summed E-state index contributed by atoms with van der Waals surface area (Å²) in [5.41, 5.74) is 6.68. The Bertz CT molecular complexity index is 310. The number of rotatable bonds is 2. The molecule has 1 amide bonds. The van der Waals surface area contributed by atoms with Gasteiger partial charge in [-0.15, -0.1) is 4.91 Å². The molecule has 0 heterocycles. The molecule has 0 bridgehead atoms. The molecule has 4 nitrogen and oxygen atoms in total. The first kappa shape index (κ1) is 8.39. The number of carbonyl (C=O) groups excluding carboxylic acids is 1. The van der Waals surface area contributed by atoms with Crippen LogP contribution in [0.25, 0.3) is 0 Å². The standard InChI is InChI=1S/C8H8N2O2/c9-7-4-2-1-3-6(7)5-8(11)10-12/h1-4H,5,9H2. The zero-order valence-electron chi connectivity index (χ0n) is 6.36. The van der Waals surface area contributed by atoms with E-state index >= 15 is 0 Å². The summed E-state index contributed by atoms with van der Waals surface area (Å²) >= 11 is 0. The molecule has 0 spiro atoms. The third kappa shape index (κ3) is 1.88. The molecule has 0 aliphatic carbocycles. The van der Waals surface area contributed by atoms with Crippen molar-refractivity contribution >= 4 is 11.6 Å². The van der Waals surface area contributed by atoms with Gasteiger partial charge >= 0.3 is 0 Å². The van der Waals surface area contributed by atoms with E-state index in [1.165, 1.54) is 0 Å². The van der Waals surface area contributed by atoms with Crippen molar-refractivity contribution < 1.29 is 4.79 Å². The first-order valence-electron chi connectivity index (χ1n) is 3.43. The summed E-state index contributed by atoms with van der Waals surface area (Å²) in [6, 6.07) is 6.88. The third-order valence-corrected chi connectivity index (χ3v) is 1.50. The van der Waals surface area contributed by atoms with Gasteiger partial charge in [-0.05, 0) is 11.6 Å². The van der Waals surface area contributed by atoms with Gasteiger partial charge in [0, 0.05) is 10.9 Å². The first-order valence-corrected chi connectivity index (χ1v) is 3.43. The predicted molar refractivity (Wildman–Crippen MR) is 45.4 cm³/mol. The van der Waals surface area contributed by atoms with Gasteiger partial charge in [0.1, 0.15) is 0 Å². The molecule has 0 atom stereocenters. The summed E-state index contributed by atoms with van der Waals surface area (Å²) in [5.74, 6) is -0.701. The molecule has 62 valence electrons. The van der Waals surface area contributed by atoms with Crippen LogP contribution in [-0.4, -0.2) is 5.91 Å². The minimum Gasteiger partial charge on any atom is -0.398 e. The fraction of sp³-hybridized carbons (Fsp3) is 0.125. The highest BCUT2D eigenvalue weighted by Gasteiger charge is 2.04. The van der Waals surface area contributed by atoms with Crippen LogP contribution in [0.15, 0.2) is 29.4 Å². The van der Waals surface area contributed by atoms with Gasteiger partial charge in [0.15, 0.2) is 0 Å². The van der Waals surface area contributed by atoms with Crippen LogP contribution in [0, 0.1) is 4.91 Å². The van der Waals surface area contributed by atoms with Crippen LogP contribution in [0.3, 0.4) is 0 Å². The highest BCUT2D eigenvalue weighted by Crippen LogP contribution is 2.11. The van der Waals surface area contributed by atoms with Crippen LogP contribution in [0.2, 0.25) is 0 Å². The number of para-hydroxylation sites is 1. The van der Waals surface area contributed by atoms with Crippen LogP contribution < -0.4 is 5.73 Å². The number of nitrogen functional groups attached to an aromatic ring is 1. The smallest absolute Gasteiger partial charge is 0.290 e. The molecule has 1 rings (SSSR count). The number of nitrogens with two attached hydrogens (primary N) is 1. The number of anilines is 1. The van der Waals surface area contributed by atoms with E-state index in [2.05, 4.69) is 5.18 Å². The van der Waals surface area contributed by atoms with Crippen molar-refractivity contribution in [3.63, 3.8) is 0 Å². The Hall–Kier alpha value is -1.71. The fourth-order valence-electron chi connectivity index (χ4n) is 0.890. The van der Waals surface area contributed by atoms with Crippen molar-refractivity contribution in [3.8, 4) is 0 Å². The summed E-state index contributed by atoms with van der Waals surface area (Å²) in [6.45, 7) is 0. The quantitative estimate of drug-likeness (QED) is 0.525. The van der Waals surface area contributed by atoms with E-state index in [0.29, 0.717) is 11.3 Å². The van der Waals surface area contributed by atoms with Crippen molar-refractivity contribution in [1.82, 2.24) is 0 Å². The van der Waals surface area contributed by atoms with E-state index in [9.17, 15) is 9.70 Å². The van der Waals surface area contributed by atoms with Crippen LogP contribution in [0.5, 0.6) is 0 Å². The molecule has 0 aliphatic heterocycles. The number of benzene rings is 1. The lowest BCUT2D eigenvalue weighted by Crippen LogP contribution is -2.01. The largest absolute Gasteiger partial charge is 0.398 e. The minimum absolute atomic E-state index is 0.0177. The maximum Gasteiger partial charge on any atom is 0.290 e. The Balaban J connectivity index is 2.82. The maximum absolute atomic E-state index is 10.6. The Kier molecular flexibility index (Phi) is 2.53. The van der Waals surface area contributed by atoms with E-state index in [0.717, 1.165) is 0 Å². The van der Waals surface area contributed by atoms with Gasteiger partial charge < -0.3 is 5.73 Å². The highest BCUT2D eigenvalue weighted by atomic mass is 16.3. The van der Waals surface area contributed by atoms with Crippen LogP contribution in [0.4, 0.5) is 5.69 Å².